The van der Waals surface area contributed by atoms with Gasteiger partial charge in [0.2, 0.25) is 0 Å². The molecule has 1 aromatic heterocycles. The summed E-state index contributed by atoms with van der Waals surface area (Å²) >= 11 is 0. The Labute approximate surface area is 89.0 Å². The van der Waals surface area contributed by atoms with Gasteiger partial charge in [0.1, 0.15) is 0 Å². The highest BCUT2D eigenvalue weighted by molar-refractivity contribution is 5.98. The number of aryl methyl sites for hydroxylation is 3. The summed E-state index contributed by atoms with van der Waals surface area (Å²) in [5.74, 6) is 0. The Morgan fingerprint density at radius 1 is 1.13 bits per heavy atom. The lowest BCUT2D eigenvalue weighted by molar-refractivity contribution is 0.112. The average Bonchev–Trinajstić information content (AvgIpc) is 2.14. The SMILES string of the molecule is Cc1cc(C)c2c(C=O)cc(C)nc2c1. The summed E-state index contributed by atoms with van der Waals surface area (Å²) in [4.78, 5) is 15.4. The number of hydrogen-bond donors (Lipinski definition) is 0. The maximum Gasteiger partial charge on any atom is 0.150 e. The van der Waals surface area contributed by atoms with Crippen molar-refractivity contribution >= 4 is 17.2 Å². The molecule has 15 heavy (non-hydrogen) atoms. The molecule has 0 saturated carbocycles. The van der Waals surface area contributed by atoms with Gasteiger partial charge in [-0.2, -0.15) is 0 Å². The predicted molar refractivity (Wildman–Crippen MR) is 61.3 cm³/mol. The molecule has 0 amide bonds. The first-order chi connectivity index (χ1) is 7.11. The molecule has 2 nitrogen and oxygen atoms in total. The van der Waals surface area contributed by atoms with Crippen molar-refractivity contribution in [2.45, 2.75) is 20.8 Å². The van der Waals surface area contributed by atoms with Crippen LogP contribution in [0.1, 0.15) is 27.2 Å². The zero-order valence-corrected chi connectivity index (χ0v) is 9.16. The minimum atomic E-state index is 0.731. The molecule has 2 aromatic rings. The Hall–Kier alpha value is -1.70. The highest BCUT2D eigenvalue weighted by Gasteiger charge is 2.06. The summed E-state index contributed by atoms with van der Waals surface area (Å²) in [6, 6.07) is 5.92. The second-order valence-electron chi connectivity index (χ2n) is 3.95. The van der Waals surface area contributed by atoms with E-state index in [1.54, 1.807) is 0 Å². The number of pyridine rings is 1. The average molecular weight is 199 g/mol. The summed E-state index contributed by atoms with van der Waals surface area (Å²) < 4.78 is 0. The standard InChI is InChI=1S/C13H13NO/c1-8-4-9(2)13-11(7-15)6-10(3)14-12(13)5-8/h4-7H,1-3H3. The second-order valence-corrected chi connectivity index (χ2v) is 3.95. The van der Waals surface area contributed by atoms with Crippen LogP contribution in [0.3, 0.4) is 0 Å². The molecule has 1 aromatic carbocycles. The first-order valence-electron chi connectivity index (χ1n) is 4.95. The predicted octanol–water partition coefficient (Wildman–Crippen LogP) is 2.97. The van der Waals surface area contributed by atoms with E-state index in [1.165, 1.54) is 5.56 Å². The number of carbonyl (C=O) groups is 1. The lowest BCUT2D eigenvalue weighted by Gasteiger charge is -2.07. The van der Waals surface area contributed by atoms with Gasteiger partial charge in [0.25, 0.3) is 0 Å². The molecule has 0 atom stereocenters. The molecule has 0 N–H and O–H groups in total. The first kappa shape index (κ1) is 9.84. The van der Waals surface area contributed by atoms with Gasteiger partial charge in [-0.1, -0.05) is 6.07 Å². The lowest BCUT2D eigenvalue weighted by atomic mass is 10.0. The lowest BCUT2D eigenvalue weighted by Crippen LogP contribution is -1.93. The zero-order chi connectivity index (χ0) is 11.0. The molecule has 0 aliphatic carbocycles. The highest BCUT2D eigenvalue weighted by atomic mass is 16.1. The summed E-state index contributed by atoms with van der Waals surface area (Å²) in [6.07, 6.45) is 0.902. The number of hydrogen-bond acceptors (Lipinski definition) is 2. The molecule has 0 unspecified atom stereocenters. The van der Waals surface area contributed by atoms with Crippen LogP contribution in [0.5, 0.6) is 0 Å². The van der Waals surface area contributed by atoms with Crippen LogP contribution in [-0.2, 0) is 0 Å². The van der Waals surface area contributed by atoms with Gasteiger partial charge in [-0.3, -0.25) is 9.78 Å². The van der Waals surface area contributed by atoms with E-state index in [2.05, 4.69) is 11.1 Å². The number of fused-ring (bicyclic) bond motifs is 1. The summed E-state index contributed by atoms with van der Waals surface area (Å²) in [5, 5.41) is 0.973. The van der Waals surface area contributed by atoms with E-state index < -0.39 is 0 Å². The first-order valence-corrected chi connectivity index (χ1v) is 4.95. The molecule has 0 fully saturated rings. The molecule has 2 rings (SSSR count). The molecule has 0 bridgehead atoms. The van der Waals surface area contributed by atoms with Gasteiger partial charge in [0, 0.05) is 16.6 Å². The molecular weight excluding hydrogens is 186 g/mol. The normalized spacial score (nSPS) is 10.6. The van der Waals surface area contributed by atoms with Gasteiger partial charge in [-0.15, -0.1) is 0 Å². The minimum Gasteiger partial charge on any atom is -0.298 e. The number of rotatable bonds is 1. The van der Waals surface area contributed by atoms with Crippen LogP contribution in [0.15, 0.2) is 18.2 Å². The van der Waals surface area contributed by atoms with Gasteiger partial charge in [0.15, 0.2) is 6.29 Å². The van der Waals surface area contributed by atoms with Crippen LogP contribution >= 0.6 is 0 Å². The largest absolute Gasteiger partial charge is 0.298 e. The maximum atomic E-state index is 11.0. The van der Waals surface area contributed by atoms with Gasteiger partial charge in [0.05, 0.1) is 5.52 Å². The fourth-order valence-electron chi connectivity index (χ4n) is 2.02. The number of benzene rings is 1. The second kappa shape index (κ2) is 3.46. The van der Waals surface area contributed by atoms with Crippen molar-refractivity contribution < 1.29 is 4.79 Å². The Morgan fingerprint density at radius 2 is 1.87 bits per heavy atom. The van der Waals surface area contributed by atoms with Gasteiger partial charge in [-0.05, 0) is 44.0 Å². The molecular formula is C13H13NO. The third kappa shape index (κ3) is 1.63. The molecule has 1 heterocycles. The molecule has 0 aliphatic heterocycles. The fourth-order valence-corrected chi connectivity index (χ4v) is 2.02. The summed E-state index contributed by atoms with van der Waals surface area (Å²) in [7, 11) is 0. The molecule has 0 spiro atoms. The van der Waals surface area contributed by atoms with Crippen molar-refractivity contribution in [2.24, 2.45) is 0 Å². The molecule has 0 aliphatic rings. The van der Waals surface area contributed by atoms with E-state index in [0.29, 0.717) is 0 Å². The van der Waals surface area contributed by atoms with Crippen molar-refractivity contribution in [2.75, 3.05) is 0 Å². The van der Waals surface area contributed by atoms with Crippen LogP contribution in [0.2, 0.25) is 0 Å². The van der Waals surface area contributed by atoms with E-state index in [-0.39, 0.29) is 0 Å². The Bertz CT molecular complexity index is 538. The topological polar surface area (TPSA) is 30.0 Å². The van der Waals surface area contributed by atoms with Crippen molar-refractivity contribution in [3.63, 3.8) is 0 Å². The van der Waals surface area contributed by atoms with E-state index >= 15 is 0 Å². The van der Waals surface area contributed by atoms with E-state index in [1.807, 2.05) is 32.9 Å². The molecule has 76 valence electrons. The van der Waals surface area contributed by atoms with Crippen LogP contribution in [0.25, 0.3) is 10.9 Å². The molecule has 0 radical (unpaired) electrons. The number of aldehydes is 1. The highest BCUT2D eigenvalue weighted by Crippen LogP contribution is 2.22. The fraction of sp³-hybridized carbons (Fsp3) is 0.231. The van der Waals surface area contributed by atoms with E-state index in [4.69, 9.17) is 0 Å². The number of aromatic nitrogens is 1. The molecule has 0 saturated heterocycles. The number of carbonyl (C=O) groups excluding carboxylic acids is 1. The van der Waals surface area contributed by atoms with Crippen molar-refractivity contribution in [1.82, 2.24) is 4.98 Å². The number of nitrogens with zero attached hydrogens (tertiary/aromatic N) is 1. The minimum absolute atomic E-state index is 0.731. The van der Waals surface area contributed by atoms with Gasteiger partial charge < -0.3 is 0 Å². The van der Waals surface area contributed by atoms with Crippen LogP contribution in [0.4, 0.5) is 0 Å². The van der Waals surface area contributed by atoms with Crippen molar-refractivity contribution in [1.29, 1.82) is 0 Å². The smallest absolute Gasteiger partial charge is 0.150 e. The maximum absolute atomic E-state index is 11.0. The third-order valence-corrected chi connectivity index (χ3v) is 2.54. The van der Waals surface area contributed by atoms with Crippen LogP contribution in [0, 0.1) is 20.8 Å². The zero-order valence-electron chi connectivity index (χ0n) is 9.16. The van der Waals surface area contributed by atoms with Crippen molar-refractivity contribution in [3.05, 3.63) is 40.6 Å². The third-order valence-electron chi connectivity index (χ3n) is 2.54. The quantitative estimate of drug-likeness (QED) is 0.661. The van der Waals surface area contributed by atoms with E-state index in [0.717, 1.165) is 34.0 Å². The van der Waals surface area contributed by atoms with Gasteiger partial charge >= 0.3 is 0 Å². The summed E-state index contributed by atoms with van der Waals surface area (Å²) in [6.45, 7) is 5.96. The summed E-state index contributed by atoms with van der Waals surface area (Å²) in [5.41, 5.74) is 4.81. The van der Waals surface area contributed by atoms with Gasteiger partial charge in [-0.25, -0.2) is 0 Å². The van der Waals surface area contributed by atoms with Crippen LogP contribution in [-0.4, -0.2) is 11.3 Å². The Balaban J connectivity index is 2.96. The Morgan fingerprint density at radius 3 is 2.53 bits per heavy atom. The van der Waals surface area contributed by atoms with E-state index in [9.17, 15) is 4.79 Å². The van der Waals surface area contributed by atoms with Crippen LogP contribution < -0.4 is 0 Å². The molecule has 2 heteroatoms. The Kier molecular flexibility index (Phi) is 2.27. The monoisotopic (exact) mass is 199 g/mol. The van der Waals surface area contributed by atoms with Crippen molar-refractivity contribution in [3.8, 4) is 0 Å².